The lowest BCUT2D eigenvalue weighted by Crippen LogP contribution is -2.13. The van der Waals surface area contributed by atoms with Crippen molar-refractivity contribution >= 4 is 11.9 Å². The van der Waals surface area contributed by atoms with Gasteiger partial charge in [0.15, 0.2) is 11.6 Å². The van der Waals surface area contributed by atoms with Crippen molar-refractivity contribution in [1.29, 1.82) is 0 Å². The summed E-state index contributed by atoms with van der Waals surface area (Å²) in [5, 5.41) is 0. The first-order valence-electron chi connectivity index (χ1n) is 5.82. The molecular weight excluding hydrogens is 263 g/mol. The van der Waals surface area contributed by atoms with Crippen molar-refractivity contribution in [2.45, 2.75) is 6.92 Å². The van der Waals surface area contributed by atoms with E-state index in [4.69, 9.17) is 9.47 Å². The summed E-state index contributed by atoms with van der Waals surface area (Å²) in [6.07, 6.45) is 0. The molecule has 0 saturated carbocycles. The summed E-state index contributed by atoms with van der Waals surface area (Å²) >= 11 is 0. The van der Waals surface area contributed by atoms with Crippen LogP contribution >= 0.6 is 0 Å². The van der Waals surface area contributed by atoms with Crippen LogP contribution in [0.5, 0.6) is 11.5 Å². The fourth-order valence-electron chi connectivity index (χ4n) is 1.56. The van der Waals surface area contributed by atoms with Gasteiger partial charge in [-0.05, 0) is 24.3 Å². The van der Waals surface area contributed by atoms with E-state index >= 15 is 0 Å². The van der Waals surface area contributed by atoms with Gasteiger partial charge in [-0.3, -0.25) is 4.79 Å². The van der Waals surface area contributed by atoms with Crippen LogP contribution < -0.4 is 9.47 Å². The lowest BCUT2D eigenvalue weighted by atomic mass is 10.2. The number of ether oxygens (including phenoxy) is 2. The lowest BCUT2D eigenvalue weighted by Gasteiger charge is -2.09. The molecule has 4 nitrogen and oxygen atoms in total. The van der Waals surface area contributed by atoms with E-state index in [1.807, 2.05) is 0 Å². The van der Waals surface area contributed by atoms with Crippen molar-refractivity contribution in [3.63, 3.8) is 0 Å². The van der Waals surface area contributed by atoms with E-state index in [-0.39, 0.29) is 17.1 Å². The highest BCUT2D eigenvalue weighted by Crippen LogP contribution is 2.22. The Morgan fingerprint density at radius 2 is 1.50 bits per heavy atom. The monoisotopic (exact) mass is 274 g/mol. The van der Waals surface area contributed by atoms with Crippen LogP contribution in [-0.2, 0) is 4.79 Å². The fraction of sp³-hybridized carbons (Fsp3) is 0.0667. The summed E-state index contributed by atoms with van der Waals surface area (Å²) in [4.78, 5) is 23.0. The van der Waals surface area contributed by atoms with Crippen molar-refractivity contribution in [2.75, 3.05) is 0 Å². The molecule has 0 unspecified atom stereocenters. The molecule has 20 heavy (non-hydrogen) atoms. The summed E-state index contributed by atoms with van der Waals surface area (Å²) in [7, 11) is 0. The molecule has 0 spiro atoms. The molecule has 0 aliphatic rings. The van der Waals surface area contributed by atoms with Crippen LogP contribution in [0.15, 0.2) is 48.5 Å². The molecule has 2 rings (SSSR count). The van der Waals surface area contributed by atoms with Gasteiger partial charge in [0.05, 0.1) is 0 Å². The Balaban J connectivity index is 2.26. The Morgan fingerprint density at radius 1 is 0.900 bits per heavy atom. The third kappa shape index (κ3) is 3.20. The van der Waals surface area contributed by atoms with E-state index in [1.54, 1.807) is 18.2 Å². The Morgan fingerprint density at radius 3 is 2.15 bits per heavy atom. The zero-order valence-corrected chi connectivity index (χ0v) is 10.6. The predicted octanol–water partition coefficient (Wildman–Crippen LogP) is 2.97. The second-order valence-corrected chi connectivity index (χ2v) is 3.91. The molecule has 0 amide bonds. The summed E-state index contributed by atoms with van der Waals surface area (Å²) in [5.41, 5.74) is 0.0472. The zero-order valence-electron chi connectivity index (χ0n) is 10.6. The molecule has 0 aliphatic carbocycles. The molecule has 0 saturated heterocycles. The first kappa shape index (κ1) is 13.7. The maximum atomic E-state index is 13.4. The Kier molecular flexibility index (Phi) is 4.10. The van der Waals surface area contributed by atoms with Gasteiger partial charge in [-0.15, -0.1) is 0 Å². The number of halogens is 1. The van der Waals surface area contributed by atoms with Crippen molar-refractivity contribution in [1.82, 2.24) is 0 Å². The molecule has 0 aliphatic heterocycles. The largest absolute Gasteiger partial charge is 0.426 e. The van der Waals surface area contributed by atoms with Crippen molar-refractivity contribution in [3.8, 4) is 11.5 Å². The Hall–Kier alpha value is -2.69. The molecule has 2 aromatic rings. The summed E-state index contributed by atoms with van der Waals surface area (Å²) in [6, 6.07) is 11.6. The number of para-hydroxylation sites is 2. The number of hydrogen-bond donors (Lipinski definition) is 0. The quantitative estimate of drug-likeness (QED) is 0.637. The first-order chi connectivity index (χ1) is 9.58. The van der Waals surface area contributed by atoms with Gasteiger partial charge in [0.2, 0.25) is 0 Å². The summed E-state index contributed by atoms with van der Waals surface area (Å²) in [5.74, 6) is -2.12. The van der Waals surface area contributed by atoms with E-state index in [1.165, 1.54) is 37.3 Å². The van der Waals surface area contributed by atoms with Gasteiger partial charge in [0.1, 0.15) is 11.3 Å². The van der Waals surface area contributed by atoms with Gasteiger partial charge in [0, 0.05) is 6.92 Å². The smallest absolute Gasteiger partial charge is 0.347 e. The molecular formula is C15H11FO4. The van der Waals surface area contributed by atoms with Crippen LogP contribution in [0.2, 0.25) is 0 Å². The van der Waals surface area contributed by atoms with Crippen LogP contribution in [0.4, 0.5) is 4.39 Å². The first-order valence-corrected chi connectivity index (χ1v) is 5.82. The SMILES string of the molecule is CC(=O)Oc1ccccc1C(=O)Oc1ccccc1F. The van der Waals surface area contributed by atoms with Crippen molar-refractivity contribution in [2.24, 2.45) is 0 Å². The highest BCUT2D eigenvalue weighted by Gasteiger charge is 2.17. The maximum absolute atomic E-state index is 13.4. The fourth-order valence-corrected chi connectivity index (χ4v) is 1.56. The number of carbonyl (C=O) groups excluding carboxylic acids is 2. The second-order valence-electron chi connectivity index (χ2n) is 3.91. The van der Waals surface area contributed by atoms with Crippen LogP contribution in [0.1, 0.15) is 17.3 Å². The molecule has 0 radical (unpaired) electrons. The number of esters is 2. The highest BCUT2D eigenvalue weighted by molar-refractivity contribution is 5.94. The predicted molar refractivity (Wildman–Crippen MR) is 69.1 cm³/mol. The van der Waals surface area contributed by atoms with Crippen LogP contribution in [0.25, 0.3) is 0 Å². The minimum absolute atomic E-state index is 0.0472. The van der Waals surface area contributed by atoms with E-state index in [0.29, 0.717) is 0 Å². The number of rotatable bonds is 3. The van der Waals surface area contributed by atoms with Gasteiger partial charge in [-0.2, -0.15) is 0 Å². The second kappa shape index (κ2) is 5.97. The van der Waals surface area contributed by atoms with E-state index in [2.05, 4.69) is 0 Å². The highest BCUT2D eigenvalue weighted by atomic mass is 19.1. The number of carbonyl (C=O) groups is 2. The van der Waals surface area contributed by atoms with Gasteiger partial charge >= 0.3 is 11.9 Å². The Bertz CT molecular complexity index is 652. The third-order valence-electron chi connectivity index (χ3n) is 2.40. The third-order valence-corrected chi connectivity index (χ3v) is 2.40. The van der Waals surface area contributed by atoms with Crippen LogP contribution in [0, 0.1) is 5.82 Å². The molecule has 102 valence electrons. The molecule has 0 N–H and O–H groups in total. The van der Waals surface area contributed by atoms with E-state index in [9.17, 15) is 14.0 Å². The molecule has 5 heteroatoms. The van der Waals surface area contributed by atoms with Gasteiger partial charge in [0.25, 0.3) is 0 Å². The summed E-state index contributed by atoms with van der Waals surface area (Å²) < 4.78 is 23.3. The standard InChI is InChI=1S/C15H11FO4/c1-10(17)19-13-8-4-2-6-11(13)15(18)20-14-9-5-3-7-12(14)16/h2-9H,1H3. The maximum Gasteiger partial charge on any atom is 0.347 e. The minimum Gasteiger partial charge on any atom is -0.426 e. The normalized spacial score (nSPS) is 9.90. The van der Waals surface area contributed by atoms with E-state index in [0.717, 1.165) is 0 Å². The average molecular weight is 274 g/mol. The number of benzene rings is 2. The van der Waals surface area contributed by atoms with Crippen LogP contribution in [0.3, 0.4) is 0 Å². The van der Waals surface area contributed by atoms with Crippen molar-refractivity contribution < 1.29 is 23.5 Å². The molecule has 0 bridgehead atoms. The molecule has 2 aromatic carbocycles. The van der Waals surface area contributed by atoms with Gasteiger partial charge in [-0.25, -0.2) is 9.18 Å². The van der Waals surface area contributed by atoms with Gasteiger partial charge < -0.3 is 9.47 Å². The topological polar surface area (TPSA) is 52.6 Å². The van der Waals surface area contributed by atoms with Crippen LogP contribution in [-0.4, -0.2) is 11.9 Å². The van der Waals surface area contributed by atoms with Gasteiger partial charge in [-0.1, -0.05) is 24.3 Å². The molecule has 0 aromatic heterocycles. The number of hydrogen-bond acceptors (Lipinski definition) is 4. The average Bonchev–Trinajstić information content (AvgIpc) is 2.41. The van der Waals surface area contributed by atoms with E-state index < -0.39 is 17.8 Å². The zero-order chi connectivity index (χ0) is 14.5. The molecule has 0 heterocycles. The van der Waals surface area contributed by atoms with Crippen molar-refractivity contribution in [3.05, 3.63) is 59.9 Å². The minimum atomic E-state index is -0.799. The lowest BCUT2D eigenvalue weighted by molar-refractivity contribution is -0.131. The molecule has 0 atom stereocenters. The Labute approximate surface area is 114 Å². The summed E-state index contributed by atoms with van der Waals surface area (Å²) in [6.45, 7) is 1.22. The molecule has 0 fully saturated rings.